The monoisotopic (exact) mass is 262 g/mol. The van der Waals surface area contributed by atoms with E-state index < -0.39 is 0 Å². The van der Waals surface area contributed by atoms with Crippen LogP contribution in [0.15, 0.2) is 4.47 Å². The normalized spacial score (nSPS) is 14.6. The van der Waals surface area contributed by atoms with Crippen molar-refractivity contribution in [3.05, 3.63) is 20.6 Å². The van der Waals surface area contributed by atoms with E-state index >= 15 is 0 Å². The summed E-state index contributed by atoms with van der Waals surface area (Å²) in [7, 11) is 0. The van der Waals surface area contributed by atoms with Gasteiger partial charge in [0.05, 0.1) is 9.50 Å². The van der Waals surface area contributed by atoms with Crippen molar-refractivity contribution in [1.29, 1.82) is 0 Å². The minimum absolute atomic E-state index is 0.148. The average Bonchev–Trinajstić information content (AvgIpc) is 2.59. The van der Waals surface area contributed by atoms with Gasteiger partial charge in [-0.2, -0.15) is 0 Å². The van der Waals surface area contributed by atoms with E-state index in [4.69, 9.17) is 11.6 Å². The maximum absolute atomic E-state index is 9.47. The first-order valence-corrected chi connectivity index (χ1v) is 5.20. The van der Waals surface area contributed by atoms with Gasteiger partial charge in [-0.1, -0.05) is 11.6 Å². The number of hydrogen-bond acceptors (Lipinski definition) is 2. The van der Waals surface area contributed by atoms with E-state index in [0.717, 1.165) is 30.4 Å². The molecule has 1 aliphatic rings. The quantitative estimate of drug-likeness (QED) is 0.707. The third kappa shape index (κ3) is 1.22. The fourth-order valence-corrected chi connectivity index (χ4v) is 2.65. The second kappa shape index (κ2) is 3.07. The summed E-state index contributed by atoms with van der Waals surface area (Å²) in [5.41, 5.74) is 1.99. The SMILES string of the molecule is Oc1c(O)c(Br)c2c(c1Cl)CCC2. The molecule has 0 heterocycles. The van der Waals surface area contributed by atoms with Gasteiger partial charge in [-0.25, -0.2) is 0 Å². The number of rotatable bonds is 0. The Balaban J connectivity index is 2.77. The van der Waals surface area contributed by atoms with Gasteiger partial charge < -0.3 is 10.2 Å². The van der Waals surface area contributed by atoms with E-state index in [1.54, 1.807) is 0 Å². The van der Waals surface area contributed by atoms with Crippen LogP contribution in [0.25, 0.3) is 0 Å². The van der Waals surface area contributed by atoms with Crippen molar-refractivity contribution >= 4 is 27.5 Å². The summed E-state index contributed by atoms with van der Waals surface area (Å²) in [6.07, 6.45) is 2.81. The molecule has 1 aliphatic carbocycles. The molecule has 1 aromatic rings. The Kier molecular flexibility index (Phi) is 2.16. The van der Waals surface area contributed by atoms with Crippen LogP contribution in [0.2, 0.25) is 5.02 Å². The fourth-order valence-electron chi connectivity index (χ4n) is 1.72. The second-order valence-corrected chi connectivity index (χ2v) is 4.31. The van der Waals surface area contributed by atoms with Gasteiger partial charge in [0.2, 0.25) is 0 Å². The molecule has 0 fully saturated rings. The van der Waals surface area contributed by atoms with Crippen LogP contribution < -0.4 is 0 Å². The lowest BCUT2D eigenvalue weighted by molar-refractivity contribution is 0.401. The standard InChI is InChI=1S/C9H8BrClO2/c10-6-4-2-1-3-5(4)7(11)9(13)8(6)12/h12-13H,1-3H2. The first-order valence-electron chi connectivity index (χ1n) is 4.03. The Morgan fingerprint density at radius 2 is 1.69 bits per heavy atom. The van der Waals surface area contributed by atoms with Gasteiger partial charge in [-0.05, 0) is 46.3 Å². The van der Waals surface area contributed by atoms with Gasteiger partial charge in [-0.3, -0.25) is 0 Å². The minimum Gasteiger partial charge on any atom is -0.503 e. The van der Waals surface area contributed by atoms with Gasteiger partial charge in [-0.15, -0.1) is 0 Å². The summed E-state index contributed by atoms with van der Waals surface area (Å²) in [4.78, 5) is 0. The van der Waals surface area contributed by atoms with E-state index in [1.165, 1.54) is 0 Å². The minimum atomic E-state index is -0.214. The third-order valence-corrected chi connectivity index (χ3v) is 3.65. The smallest absolute Gasteiger partial charge is 0.178 e. The lowest BCUT2D eigenvalue weighted by Gasteiger charge is -2.09. The first kappa shape index (κ1) is 9.16. The molecule has 0 saturated heterocycles. The number of phenolic OH excluding ortho intramolecular Hbond substituents is 2. The number of hydrogen-bond donors (Lipinski definition) is 2. The average molecular weight is 264 g/mol. The summed E-state index contributed by atoms with van der Waals surface area (Å²) in [5.74, 6) is -0.361. The molecule has 13 heavy (non-hydrogen) atoms. The van der Waals surface area contributed by atoms with Crippen molar-refractivity contribution in [3.8, 4) is 11.5 Å². The number of halogens is 2. The highest BCUT2D eigenvalue weighted by Gasteiger charge is 2.24. The zero-order valence-corrected chi connectivity index (χ0v) is 9.11. The maximum atomic E-state index is 9.47. The molecule has 0 amide bonds. The molecule has 2 rings (SSSR count). The molecule has 2 N–H and O–H groups in total. The maximum Gasteiger partial charge on any atom is 0.178 e. The second-order valence-electron chi connectivity index (χ2n) is 3.14. The van der Waals surface area contributed by atoms with Crippen LogP contribution >= 0.6 is 27.5 Å². The highest BCUT2D eigenvalue weighted by Crippen LogP contribution is 2.47. The molecule has 2 nitrogen and oxygen atoms in total. The van der Waals surface area contributed by atoms with Gasteiger partial charge in [0.1, 0.15) is 0 Å². The molecule has 4 heteroatoms. The van der Waals surface area contributed by atoms with Crippen molar-refractivity contribution in [3.63, 3.8) is 0 Å². The van der Waals surface area contributed by atoms with Crippen LogP contribution in [0.4, 0.5) is 0 Å². The predicted octanol–water partition coefficient (Wildman–Crippen LogP) is 3.00. The van der Waals surface area contributed by atoms with E-state index in [1.807, 2.05) is 0 Å². The van der Waals surface area contributed by atoms with Gasteiger partial charge in [0.15, 0.2) is 11.5 Å². The summed E-state index contributed by atoms with van der Waals surface area (Å²) in [5, 5.41) is 19.2. The first-order chi connectivity index (χ1) is 6.13. The van der Waals surface area contributed by atoms with Crippen LogP contribution in [-0.4, -0.2) is 10.2 Å². The Bertz CT molecular complexity index is 342. The van der Waals surface area contributed by atoms with Crippen LogP contribution in [0.3, 0.4) is 0 Å². The summed E-state index contributed by atoms with van der Waals surface area (Å²) in [6, 6.07) is 0. The number of phenols is 2. The number of fused-ring (bicyclic) bond motifs is 1. The number of benzene rings is 1. The number of aromatic hydroxyl groups is 2. The molecular formula is C9H8BrClO2. The van der Waals surface area contributed by atoms with Crippen molar-refractivity contribution < 1.29 is 10.2 Å². The third-order valence-electron chi connectivity index (χ3n) is 2.39. The molecule has 0 unspecified atom stereocenters. The molecule has 0 radical (unpaired) electrons. The van der Waals surface area contributed by atoms with Gasteiger partial charge in [0, 0.05) is 0 Å². The molecular weight excluding hydrogens is 255 g/mol. The van der Waals surface area contributed by atoms with Crippen molar-refractivity contribution in [2.45, 2.75) is 19.3 Å². The Morgan fingerprint density at radius 1 is 1.08 bits per heavy atom. The lowest BCUT2D eigenvalue weighted by Crippen LogP contribution is -1.87. The van der Waals surface area contributed by atoms with Crippen molar-refractivity contribution in [2.75, 3.05) is 0 Å². The molecule has 1 aromatic carbocycles. The lowest BCUT2D eigenvalue weighted by atomic mass is 10.1. The van der Waals surface area contributed by atoms with E-state index in [2.05, 4.69) is 15.9 Å². The Morgan fingerprint density at radius 3 is 2.38 bits per heavy atom. The molecule has 0 aliphatic heterocycles. The van der Waals surface area contributed by atoms with Crippen molar-refractivity contribution in [1.82, 2.24) is 0 Å². The van der Waals surface area contributed by atoms with Crippen LogP contribution in [0, 0.1) is 0 Å². The Hall–Kier alpha value is -0.410. The van der Waals surface area contributed by atoms with E-state index in [9.17, 15) is 10.2 Å². The largest absolute Gasteiger partial charge is 0.503 e. The topological polar surface area (TPSA) is 40.5 Å². The van der Waals surface area contributed by atoms with Crippen LogP contribution in [0.1, 0.15) is 17.5 Å². The summed E-state index contributed by atoms with van der Waals surface area (Å²) < 4.78 is 0.585. The summed E-state index contributed by atoms with van der Waals surface area (Å²) >= 11 is 9.13. The van der Waals surface area contributed by atoms with Crippen LogP contribution in [0.5, 0.6) is 11.5 Å². The molecule has 0 spiro atoms. The zero-order chi connectivity index (χ0) is 9.59. The Labute approximate surface area is 89.3 Å². The van der Waals surface area contributed by atoms with Gasteiger partial charge in [0.25, 0.3) is 0 Å². The predicted molar refractivity (Wildman–Crippen MR) is 54.5 cm³/mol. The van der Waals surface area contributed by atoms with Crippen molar-refractivity contribution in [2.24, 2.45) is 0 Å². The highest BCUT2D eigenvalue weighted by molar-refractivity contribution is 9.10. The van der Waals surface area contributed by atoms with Crippen LogP contribution in [-0.2, 0) is 12.8 Å². The summed E-state index contributed by atoms with van der Waals surface area (Å²) in [6.45, 7) is 0. The molecule has 70 valence electrons. The molecule has 0 atom stereocenters. The highest BCUT2D eigenvalue weighted by atomic mass is 79.9. The van der Waals surface area contributed by atoms with Gasteiger partial charge >= 0.3 is 0 Å². The van der Waals surface area contributed by atoms with E-state index in [-0.39, 0.29) is 11.5 Å². The molecule has 0 bridgehead atoms. The zero-order valence-electron chi connectivity index (χ0n) is 6.77. The molecule has 0 saturated carbocycles. The fraction of sp³-hybridized carbons (Fsp3) is 0.333. The molecule has 0 aromatic heterocycles. The van der Waals surface area contributed by atoms with E-state index in [0.29, 0.717) is 9.50 Å².